The van der Waals surface area contributed by atoms with Gasteiger partial charge < -0.3 is 0 Å². The predicted molar refractivity (Wildman–Crippen MR) is 68.1 cm³/mol. The van der Waals surface area contributed by atoms with Crippen LogP contribution in [-0.4, -0.2) is 14.5 Å². The van der Waals surface area contributed by atoms with E-state index in [9.17, 15) is 21.6 Å². The van der Waals surface area contributed by atoms with Crippen LogP contribution in [0, 0.1) is 22.9 Å². The van der Waals surface area contributed by atoms with Gasteiger partial charge in [-0.1, -0.05) is 13.8 Å². The van der Waals surface area contributed by atoms with Crippen LogP contribution >= 0.6 is 0 Å². The van der Waals surface area contributed by atoms with Crippen LogP contribution in [0.2, 0.25) is 0 Å². The monoisotopic (exact) mass is 307 g/mol. The highest BCUT2D eigenvalue weighted by Crippen LogP contribution is 2.37. The summed E-state index contributed by atoms with van der Waals surface area (Å²) in [6, 6.07) is 0.353. The molecular weight excluding hydrogens is 291 g/mol. The van der Waals surface area contributed by atoms with Gasteiger partial charge in [0.15, 0.2) is 4.90 Å². The molecule has 0 radical (unpaired) electrons. The molecule has 0 heterocycles. The Morgan fingerprint density at radius 1 is 1.20 bits per heavy atom. The molecule has 1 aromatic carbocycles. The van der Waals surface area contributed by atoms with E-state index >= 15 is 0 Å². The van der Waals surface area contributed by atoms with Crippen LogP contribution in [0.5, 0.6) is 0 Å². The van der Waals surface area contributed by atoms with Crippen molar-refractivity contribution in [3.05, 3.63) is 29.6 Å². The first-order valence-corrected chi connectivity index (χ1v) is 7.76. The SMILES string of the molecule is CC1(C)CCC(NS(=O)(=O)c2c(F)cc(F)cc2F)C1. The molecule has 1 saturated carbocycles. The van der Waals surface area contributed by atoms with Gasteiger partial charge in [0.05, 0.1) is 0 Å². The van der Waals surface area contributed by atoms with Crippen molar-refractivity contribution in [3.8, 4) is 0 Å². The largest absolute Gasteiger partial charge is 0.246 e. The molecule has 1 aliphatic carbocycles. The zero-order valence-electron chi connectivity index (χ0n) is 11.2. The lowest BCUT2D eigenvalue weighted by atomic mass is 9.92. The van der Waals surface area contributed by atoms with Crippen molar-refractivity contribution in [1.29, 1.82) is 0 Å². The van der Waals surface area contributed by atoms with E-state index in [2.05, 4.69) is 4.72 Å². The zero-order valence-corrected chi connectivity index (χ0v) is 12.0. The Labute approximate surface area is 116 Å². The molecule has 0 bridgehead atoms. The maximum absolute atomic E-state index is 13.5. The lowest BCUT2D eigenvalue weighted by molar-refractivity contribution is 0.372. The minimum atomic E-state index is -4.34. The first kappa shape index (κ1) is 15.3. The van der Waals surface area contributed by atoms with Crippen LogP contribution in [0.1, 0.15) is 33.1 Å². The third kappa shape index (κ3) is 3.15. The van der Waals surface area contributed by atoms with Crippen molar-refractivity contribution in [2.24, 2.45) is 5.41 Å². The van der Waals surface area contributed by atoms with Crippen LogP contribution in [0.25, 0.3) is 0 Å². The molecule has 7 heteroatoms. The quantitative estimate of drug-likeness (QED) is 0.933. The van der Waals surface area contributed by atoms with Gasteiger partial charge >= 0.3 is 0 Å². The summed E-state index contributed by atoms with van der Waals surface area (Å²) in [5, 5.41) is 0. The van der Waals surface area contributed by atoms with Gasteiger partial charge in [-0.05, 0) is 24.7 Å². The second-order valence-electron chi connectivity index (χ2n) is 5.92. The minimum Gasteiger partial charge on any atom is -0.208 e. The fourth-order valence-electron chi connectivity index (χ4n) is 2.60. The van der Waals surface area contributed by atoms with Crippen LogP contribution < -0.4 is 4.72 Å². The van der Waals surface area contributed by atoms with Gasteiger partial charge in [0.2, 0.25) is 10.0 Å². The van der Waals surface area contributed by atoms with Gasteiger partial charge in [-0.3, -0.25) is 0 Å². The predicted octanol–water partition coefficient (Wildman–Crippen LogP) is 2.96. The van der Waals surface area contributed by atoms with Crippen molar-refractivity contribution < 1.29 is 21.6 Å². The topological polar surface area (TPSA) is 46.2 Å². The van der Waals surface area contributed by atoms with E-state index in [1.807, 2.05) is 13.8 Å². The molecule has 20 heavy (non-hydrogen) atoms. The number of halogens is 3. The van der Waals surface area contributed by atoms with E-state index in [0.29, 0.717) is 25.0 Å². The standard InChI is InChI=1S/C13H16F3NO2S/c1-13(2)4-3-9(7-13)17-20(18,19)12-10(15)5-8(14)6-11(12)16/h5-6,9,17H,3-4,7H2,1-2H3. The number of hydrogen-bond donors (Lipinski definition) is 1. The van der Waals surface area contributed by atoms with Crippen molar-refractivity contribution in [1.82, 2.24) is 4.72 Å². The third-order valence-electron chi connectivity index (χ3n) is 3.52. The highest BCUT2D eigenvalue weighted by atomic mass is 32.2. The maximum atomic E-state index is 13.5. The molecule has 0 amide bonds. The summed E-state index contributed by atoms with van der Waals surface area (Å²) >= 11 is 0. The first-order valence-electron chi connectivity index (χ1n) is 6.28. The Morgan fingerprint density at radius 2 is 1.75 bits per heavy atom. The number of hydrogen-bond acceptors (Lipinski definition) is 2. The summed E-state index contributed by atoms with van der Waals surface area (Å²) in [4.78, 5) is -1.12. The Bertz CT molecular complexity index is 605. The normalized spacial score (nSPS) is 22.1. The molecule has 1 unspecified atom stereocenters. The van der Waals surface area contributed by atoms with E-state index in [4.69, 9.17) is 0 Å². The Kier molecular flexibility index (Phi) is 3.85. The molecule has 0 saturated heterocycles. The lowest BCUT2D eigenvalue weighted by Crippen LogP contribution is -2.34. The van der Waals surface area contributed by atoms with Gasteiger partial charge in [0, 0.05) is 18.2 Å². The molecule has 0 spiro atoms. The van der Waals surface area contributed by atoms with Crippen LogP contribution in [0.4, 0.5) is 13.2 Å². The Balaban J connectivity index is 2.28. The molecule has 2 rings (SSSR count). The second kappa shape index (κ2) is 5.04. The number of rotatable bonds is 3. The lowest BCUT2D eigenvalue weighted by Gasteiger charge is -2.18. The van der Waals surface area contributed by atoms with E-state index < -0.39 is 32.4 Å². The Hall–Kier alpha value is -1.08. The summed E-state index contributed by atoms with van der Waals surface area (Å²) in [5.74, 6) is -4.00. The summed E-state index contributed by atoms with van der Waals surface area (Å²) in [6.45, 7) is 4.00. The molecule has 3 nitrogen and oxygen atoms in total. The smallest absolute Gasteiger partial charge is 0.208 e. The highest BCUT2D eigenvalue weighted by molar-refractivity contribution is 7.89. The summed E-state index contributed by atoms with van der Waals surface area (Å²) < 4.78 is 66.3. The van der Waals surface area contributed by atoms with Gasteiger partial charge in [-0.25, -0.2) is 26.3 Å². The van der Waals surface area contributed by atoms with Crippen molar-refractivity contribution in [3.63, 3.8) is 0 Å². The Morgan fingerprint density at radius 3 is 2.20 bits per heavy atom. The van der Waals surface area contributed by atoms with Gasteiger partial charge in [-0.2, -0.15) is 0 Å². The first-order chi connectivity index (χ1) is 9.11. The maximum Gasteiger partial charge on any atom is 0.246 e. The van der Waals surface area contributed by atoms with Crippen LogP contribution in [0.15, 0.2) is 17.0 Å². The molecule has 1 fully saturated rings. The van der Waals surface area contributed by atoms with Crippen molar-refractivity contribution >= 4 is 10.0 Å². The van der Waals surface area contributed by atoms with Gasteiger partial charge in [0.1, 0.15) is 17.5 Å². The molecule has 1 aliphatic rings. The molecular formula is C13H16F3NO2S. The van der Waals surface area contributed by atoms with Crippen molar-refractivity contribution in [2.75, 3.05) is 0 Å². The van der Waals surface area contributed by atoms with E-state index in [1.165, 1.54) is 0 Å². The number of nitrogens with one attached hydrogen (secondary N) is 1. The third-order valence-corrected chi connectivity index (χ3v) is 5.09. The average Bonchev–Trinajstić information content (AvgIpc) is 2.54. The minimum absolute atomic E-state index is 0.00687. The average molecular weight is 307 g/mol. The fourth-order valence-corrected chi connectivity index (χ4v) is 3.99. The van der Waals surface area contributed by atoms with Crippen LogP contribution in [-0.2, 0) is 10.0 Å². The zero-order chi connectivity index (χ0) is 15.1. The van der Waals surface area contributed by atoms with Gasteiger partial charge in [-0.15, -0.1) is 0 Å². The number of sulfonamides is 1. The fraction of sp³-hybridized carbons (Fsp3) is 0.538. The van der Waals surface area contributed by atoms with Crippen LogP contribution in [0.3, 0.4) is 0 Å². The molecule has 1 aromatic rings. The molecule has 0 aliphatic heterocycles. The molecule has 0 aromatic heterocycles. The summed E-state index contributed by atoms with van der Waals surface area (Å²) in [6.07, 6.45) is 2.03. The number of benzene rings is 1. The molecule has 1 atom stereocenters. The highest BCUT2D eigenvalue weighted by Gasteiger charge is 2.35. The van der Waals surface area contributed by atoms with E-state index in [1.54, 1.807) is 0 Å². The van der Waals surface area contributed by atoms with Crippen molar-refractivity contribution in [2.45, 2.75) is 44.0 Å². The van der Waals surface area contributed by atoms with E-state index in [0.717, 1.165) is 6.42 Å². The van der Waals surface area contributed by atoms with E-state index in [-0.39, 0.29) is 11.5 Å². The summed E-state index contributed by atoms with van der Waals surface area (Å²) in [7, 11) is -4.34. The second-order valence-corrected chi connectivity index (χ2v) is 7.57. The molecule has 112 valence electrons. The van der Waals surface area contributed by atoms with Gasteiger partial charge in [0.25, 0.3) is 0 Å². The molecule has 1 N–H and O–H groups in total. The summed E-state index contributed by atoms with van der Waals surface area (Å²) in [5.41, 5.74) is -0.00687.